The number of ether oxygens (including phenoxy) is 1. The van der Waals surface area contributed by atoms with Crippen LogP contribution in [0.5, 0.6) is 11.5 Å². The van der Waals surface area contributed by atoms with Crippen LogP contribution in [0.2, 0.25) is 0 Å². The van der Waals surface area contributed by atoms with E-state index >= 15 is 0 Å². The van der Waals surface area contributed by atoms with Crippen LogP contribution in [0.25, 0.3) is 0 Å². The zero-order chi connectivity index (χ0) is 15.6. The van der Waals surface area contributed by atoms with Gasteiger partial charge >= 0.3 is 5.69 Å². The van der Waals surface area contributed by atoms with Crippen molar-refractivity contribution in [2.75, 3.05) is 0 Å². The molecule has 0 spiro atoms. The van der Waals surface area contributed by atoms with Crippen molar-refractivity contribution in [1.29, 1.82) is 0 Å². The molecule has 0 aromatic heterocycles. The molecule has 0 aliphatic heterocycles. The van der Waals surface area contributed by atoms with Crippen molar-refractivity contribution in [3.05, 3.63) is 62.1 Å². The van der Waals surface area contributed by atoms with E-state index in [4.69, 9.17) is 4.74 Å². The molecular formula is C13H6BrF2NO4. The zero-order valence-corrected chi connectivity index (χ0v) is 11.8. The molecule has 0 aliphatic carbocycles. The quantitative estimate of drug-likeness (QED) is 0.466. The van der Waals surface area contributed by atoms with Crippen LogP contribution >= 0.6 is 15.9 Å². The average Bonchev–Trinajstić information content (AvgIpc) is 2.44. The number of nitrogens with zero attached hydrogens (tertiary/aromatic N) is 1. The summed E-state index contributed by atoms with van der Waals surface area (Å²) in [6, 6.07) is 5.27. The van der Waals surface area contributed by atoms with Gasteiger partial charge in [-0.1, -0.05) is 0 Å². The first-order valence-corrected chi connectivity index (χ1v) is 6.27. The summed E-state index contributed by atoms with van der Waals surface area (Å²) in [5, 5.41) is 10.5. The molecule has 0 saturated heterocycles. The van der Waals surface area contributed by atoms with Gasteiger partial charge in [0.15, 0.2) is 11.6 Å². The lowest BCUT2D eigenvalue weighted by Gasteiger charge is -2.09. The Morgan fingerprint density at radius 3 is 2.43 bits per heavy atom. The van der Waals surface area contributed by atoms with Gasteiger partial charge < -0.3 is 4.74 Å². The molecule has 0 unspecified atom stereocenters. The summed E-state index contributed by atoms with van der Waals surface area (Å²) < 4.78 is 32.6. The summed E-state index contributed by atoms with van der Waals surface area (Å²) in [6.07, 6.45) is 0.612. The van der Waals surface area contributed by atoms with E-state index in [0.717, 1.165) is 0 Å². The molecule has 5 nitrogen and oxygen atoms in total. The van der Waals surface area contributed by atoms with E-state index in [1.54, 1.807) is 0 Å². The number of halogens is 3. The second-order valence-electron chi connectivity index (χ2n) is 3.90. The van der Waals surface area contributed by atoms with Crippen LogP contribution in [0.1, 0.15) is 10.4 Å². The van der Waals surface area contributed by atoms with Crippen LogP contribution in [0.4, 0.5) is 14.5 Å². The van der Waals surface area contributed by atoms with Gasteiger partial charge in [0.05, 0.1) is 15.5 Å². The SMILES string of the molecule is O=Cc1ccc(Oc2cc(F)c([N+](=O)[O-])cc2F)c(Br)c1. The first-order valence-electron chi connectivity index (χ1n) is 5.48. The molecule has 21 heavy (non-hydrogen) atoms. The van der Waals surface area contributed by atoms with Crippen molar-refractivity contribution >= 4 is 27.9 Å². The average molecular weight is 358 g/mol. The summed E-state index contributed by atoms with van der Waals surface area (Å²) in [5.74, 6) is -2.66. The van der Waals surface area contributed by atoms with E-state index in [2.05, 4.69) is 15.9 Å². The van der Waals surface area contributed by atoms with Crippen LogP contribution in [0, 0.1) is 21.7 Å². The monoisotopic (exact) mass is 357 g/mol. The van der Waals surface area contributed by atoms with Crippen LogP contribution in [-0.4, -0.2) is 11.2 Å². The highest BCUT2D eigenvalue weighted by Crippen LogP contribution is 2.34. The van der Waals surface area contributed by atoms with Gasteiger partial charge in [-0.2, -0.15) is 4.39 Å². The van der Waals surface area contributed by atoms with Crippen LogP contribution in [0.3, 0.4) is 0 Å². The number of benzene rings is 2. The molecule has 2 aromatic carbocycles. The second-order valence-corrected chi connectivity index (χ2v) is 4.76. The van der Waals surface area contributed by atoms with Crippen LogP contribution < -0.4 is 4.74 Å². The number of nitro benzene ring substituents is 1. The zero-order valence-electron chi connectivity index (χ0n) is 10.2. The third-order valence-electron chi connectivity index (χ3n) is 2.51. The molecule has 0 atom stereocenters. The van der Waals surface area contributed by atoms with Gasteiger partial charge in [0, 0.05) is 11.6 Å². The number of hydrogen-bond acceptors (Lipinski definition) is 4. The van der Waals surface area contributed by atoms with Crippen LogP contribution in [-0.2, 0) is 0 Å². The van der Waals surface area contributed by atoms with Gasteiger partial charge in [0.2, 0.25) is 5.82 Å². The Morgan fingerprint density at radius 2 is 1.86 bits per heavy atom. The molecule has 0 saturated carbocycles. The van der Waals surface area contributed by atoms with Gasteiger partial charge in [0.25, 0.3) is 0 Å². The predicted molar refractivity (Wildman–Crippen MR) is 72.6 cm³/mol. The highest BCUT2D eigenvalue weighted by molar-refractivity contribution is 9.10. The van der Waals surface area contributed by atoms with Gasteiger partial charge in [-0.25, -0.2) is 4.39 Å². The second kappa shape index (κ2) is 5.96. The first kappa shape index (κ1) is 15.0. The van der Waals surface area contributed by atoms with Crippen LogP contribution in [0.15, 0.2) is 34.8 Å². The number of hydrogen-bond donors (Lipinski definition) is 0. The molecule has 2 rings (SSSR count). The van der Waals surface area contributed by atoms with Crippen molar-refractivity contribution in [3.8, 4) is 11.5 Å². The molecule has 0 aliphatic rings. The smallest absolute Gasteiger partial charge is 0.307 e. The minimum absolute atomic E-state index is 0.132. The Labute approximate surface area is 125 Å². The normalized spacial score (nSPS) is 10.2. The Hall–Kier alpha value is -2.35. The van der Waals surface area contributed by atoms with Gasteiger partial charge in [-0.15, -0.1) is 0 Å². The van der Waals surface area contributed by atoms with Crippen molar-refractivity contribution in [3.63, 3.8) is 0 Å². The van der Waals surface area contributed by atoms with E-state index in [1.165, 1.54) is 18.2 Å². The van der Waals surface area contributed by atoms with Crippen molar-refractivity contribution in [2.24, 2.45) is 0 Å². The number of carbonyl (C=O) groups excluding carboxylic acids is 1. The van der Waals surface area contributed by atoms with E-state index in [0.29, 0.717) is 28.5 Å². The van der Waals surface area contributed by atoms with Gasteiger partial charge in [-0.05, 0) is 34.1 Å². The van der Waals surface area contributed by atoms with E-state index in [-0.39, 0.29) is 5.75 Å². The van der Waals surface area contributed by atoms with Gasteiger partial charge in [-0.3, -0.25) is 14.9 Å². The fourth-order valence-electron chi connectivity index (χ4n) is 1.53. The fraction of sp³-hybridized carbons (Fsp3) is 0. The Kier molecular flexibility index (Phi) is 4.27. The summed E-state index contributed by atoms with van der Waals surface area (Å²) in [5.41, 5.74) is -0.611. The highest BCUT2D eigenvalue weighted by atomic mass is 79.9. The van der Waals surface area contributed by atoms with E-state index in [9.17, 15) is 23.7 Å². The van der Waals surface area contributed by atoms with Crippen molar-refractivity contribution in [2.45, 2.75) is 0 Å². The molecule has 0 radical (unpaired) electrons. The molecule has 0 heterocycles. The number of carbonyl (C=O) groups is 1. The first-order chi connectivity index (χ1) is 9.92. The van der Waals surface area contributed by atoms with E-state index < -0.39 is 28.0 Å². The fourth-order valence-corrected chi connectivity index (χ4v) is 2.01. The van der Waals surface area contributed by atoms with Crippen molar-refractivity contribution in [1.82, 2.24) is 0 Å². The maximum Gasteiger partial charge on any atom is 0.307 e. The van der Waals surface area contributed by atoms with Gasteiger partial charge in [0.1, 0.15) is 12.0 Å². The molecule has 0 fully saturated rings. The Bertz CT molecular complexity index is 736. The Balaban J connectivity index is 2.38. The molecular weight excluding hydrogens is 352 g/mol. The molecule has 0 amide bonds. The summed E-state index contributed by atoms with van der Waals surface area (Å²) >= 11 is 3.12. The maximum atomic E-state index is 13.7. The number of aldehydes is 1. The summed E-state index contributed by atoms with van der Waals surface area (Å²) in [7, 11) is 0. The lowest BCUT2D eigenvalue weighted by atomic mass is 10.2. The lowest BCUT2D eigenvalue weighted by molar-refractivity contribution is -0.387. The summed E-state index contributed by atoms with van der Waals surface area (Å²) in [6.45, 7) is 0. The maximum absolute atomic E-state index is 13.7. The molecule has 0 N–H and O–H groups in total. The minimum Gasteiger partial charge on any atom is -0.453 e. The van der Waals surface area contributed by atoms with Crippen molar-refractivity contribution < 1.29 is 23.2 Å². The number of nitro groups is 1. The third kappa shape index (κ3) is 3.22. The Morgan fingerprint density at radius 1 is 1.14 bits per heavy atom. The predicted octanol–water partition coefficient (Wildman–Crippen LogP) is 4.24. The standard InChI is InChI=1S/C13H6BrF2NO4/c14-8-3-7(6-18)1-2-12(8)21-13-5-9(15)11(17(19)20)4-10(13)16/h1-6H. The molecule has 108 valence electrons. The lowest BCUT2D eigenvalue weighted by Crippen LogP contribution is -1.97. The number of rotatable bonds is 4. The van der Waals surface area contributed by atoms with E-state index in [1.807, 2.05) is 0 Å². The third-order valence-corrected chi connectivity index (χ3v) is 3.13. The minimum atomic E-state index is -1.21. The topological polar surface area (TPSA) is 69.4 Å². The summed E-state index contributed by atoms with van der Waals surface area (Å²) in [4.78, 5) is 20.0. The highest BCUT2D eigenvalue weighted by Gasteiger charge is 2.20. The largest absolute Gasteiger partial charge is 0.453 e. The molecule has 8 heteroatoms. The molecule has 0 bridgehead atoms. The molecule has 2 aromatic rings.